The van der Waals surface area contributed by atoms with E-state index in [1.165, 1.54) is 55.3 Å². The average molecular weight is 842 g/mol. The Balaban J connectivity index is 0.950. The van der Waals surface area contributed by atoms with Gasteiger partial charge in [-0.3, -0.25) is 0 Å². The van der Waals surface area contributed by atoms with Crippen molar-refractivity contribution in [3.63, 3.8) is 0 Å². The topological polar surface area (TPSA) is 16.4 Å². The third kappa shape index (κ3) is 7.21. The predicted octanol–water partition coefficient (Wildman–Crippen LogP) is 18.2. The van der Waals surface area contributed by atoms with E-state index in [1.54, 1.807) is 0 Å². The summed E-state index contributed by atoms with van der Waals surface area (Å²) in [5, 5.41) is 4.76. The molecule has 1 aromatic heterocycles. The van der Waals surface area contributed by atoms with Crippen molar-refractivity contribution in [3.05, 3.63) is 261 Å². The third-order valence-corrected chi connectivity index (χ3v) is 12.9. The van der Waals surface area contributed by atoms with Crippen molar-refractivity contribution in [1.29, 1.82) is 0 Å². The van der Waals surface area contributed by atoms with Gasteiger partial charge in [-0.05, 0) is 132 Å². The van der Waals surface area contributed by atoms with Crippen LogP contribution in [0.5, 0.6) is 0 Å². The van der Waals surface area contributed by atoms with Crippen molar-refractivity contribution in [2.75, 3.05) is 4.90 Å². The van der Waals surface area contributed by atoms with Crippen molar-refractivity contribution in [3.8, 4) is 66.8 Å². The molecule has 1 heterocycles. The van der Waals surface area contributed by atoms with Crippen LogP contribution in [0, 0.1) is 0 Å². The molecule has 0 N–H and O–H groups in total. The smallest absolute Gasteiger partial charge is 0.136 e. The van der Waals surface area contributed by atoms with Gasteiger partial charge in [0.15, 0.2) is 0 Å². The minimum absolute atomic E-state index is 0.887. The molecule has 0 aliphatic carbocycles. The Morgan fingerprint density at radius 1 is 0.242 bits per heavy atom. The quantitative estimate of drug-likeness (QED) is 0.144. The maximum Gasteiger partial charge on any atom is 0.136 e. The molecule has 0 bridgehead atoms. The fourth-order valence-corrected chi connectivity index (χ4v) is 9.65. The lowest BCUT2D eigenvalue weighted by Gasteiger charge is -2.26. The van der Waals surface area contributed by atoms with Crippen molar-refractivity contribution >= 4 is 49.8 Å². The van der Waals surface area contributed by atoms with Crippen LogP contribution in [0.4, 0.5) is 17.1 Å². The molecule has 0 spiro atoms. The molecule has 2 nitrogen and oxygen atoms in total. The van der Waals surface area contributed by atoms with Gasteiger partial charge in [0, 0.05) is 27.8 Å². The second-order valence-electron chi connectivity index (χ2n) is 16.9. The minimum Gasteiger partial charge on any atom is -0.456 e. The molecule has 11 aromatic carbocycles. The second kappa shape index (κ2) is 16.8. The van der Waals surface area contributed by atoms with E-state index in [4.69, 9.17) is 4.42 Å². The summed E-state index contributed by atoms with van der Waals surface area (Å²) < 4.78 is 6.33. The number of anilines is 3. The van der Waals surface area contributed by atoms with Crippen LogP contribution in [-0.2, 0) is 0 Å². The lowest BCUT2D eigenvalue weighted by Crippen LogP contribution is -2.10. The number of rotatable bonds is 9. The van der Waals surface area contributed by atoms with E-state index >= 15 is 0 Å². The van der Waals surface area contributed by atoms with E-state index in [9.17, 15) is 0 Å². The normalized spacial score (nSPS) is 11.3. The Kier molecular flexibility index (Phi) is 9.89. The largest absolute Gasteiger partial charge is 0.456 e. The molecule has 0 aliphatic heterocycles. The zero-order valence-corrected chi connectivity index (χ0v) is 36.2. The van der Waals surface area contributed by atoms with Crippen LogP contribution >= 0.6 is 0 Å². The summed E-state index contributed by atoms with van der Waals surface area (Å²) in [7, 11) is 0. The van der Waals surface area contributed by atoms with Crippen molar-refractivity contribution < 1.29 is 4.42 Å². The number of fused-ring (bicyclic) bond motifs is 4. The molecule has 0 aliphatic rings. The lowest BCUT2D eigenvalue weighted by molar-refractivity contribution is 0.669. The average Bonchev–Trinajstić information content (AvgIpc) is 3.79. The first-order valence-corrected chi connectivity index (χ1v) is 22.6. The van der Waals surface area contributed by atoms with Crippen molar-refractivity contribution in [2.45, 2.75) is 0 Å². The molecule has 12 rings (SSSR count). The Morgan fingerprint density at radius 2 is 0.727 bits per heavy atom. The molecule has 0 atom stereocenters. The molecule has 2 heteroatoms. The summed E-state index contributed by atoms with van der Waals surface area (Å²) in [5.74, 6) is 0. The number of nitrogens with zero attached hydrogens (tertiary/aromatic N) is 1. The van der Waals surface area contributed by atoms with Gasteiger partial charge in [0.25, 0.3) is 0 Å². The number of para-hydroxylation sites is 1. The van der Waals surface area contributed by atoms with Crippen LogP contribution < -0.4 is 4.90 Å². The Hall–Kier alpha value is -8.72. The van der Waals surface area contributed by atoms with Crippen LogP contribution in [0.25, 0.3) is 99.5 Å². The van der Waals surface area contributed by atoms with Crippen LogP contribution in [-0.4, -0.2) is 0 Å². The first kappa shape index (κ1) is 38.9. The van der Waals surface area contributed by atoms with Gasteiger partial charge < -0.3 is 9.32 Å². The van der Waals surface area contributed by atoms with E-state index in [-0.39, 0.29) is 0 Å². The monoisotopic (exact) mass is 841 g/mol. The molecule has 310 valence electrons. The van der Waals surface area contributed by atoms with E-state index in [1.807, 2.05) is 12.1 Å². The zero-order chi connectivity index (χ0) is 43.8. The predicted molar refractivity (Wildman–Crippen MR) is 279 cm³/mol. The Labute approximate surface area is 384 Å². The van der Waals surface area contributed by atoms with E-state index < -0.39 is 0 Å². The van der Waals surface area contributed by atoms with Gasteiger partial charge in [-0.1, -0.05) is 206 Å². The maximum atomic E-state index is 6.33. The summed E-state index contributed by atoms with van der Waals surface area (Å²) in [6.45, 7) is 0. The van der Waals surface area contributed by atoms with Crippen LogP contribution in [0.15, 0.2) is 265 Å². The molecular weight excluding hydrogens is 799 g/mol. The number of furan rings is 1. The van der Waals surface area contributed by atoms with Gasteiger partial charge >= 0.3 is 0 Å². The molecule has 0 saturated carbocycles. The highest BCUT2D eigenvalue weighted by Gasteiger charge is 2.18. The second-order valence-corrected chi connectivity index (χ2v) is 16.9. The Morgan fingerprint density at radius 3 is 1.48 bits per heavy atom. The van der Waals surface area contributed by atoms with Gasteiger partial charge in [0.2, 0.25) is 0 Å². The van der Waals surface area contributed by atoms with Gasteiger partial charge in [0.05, 0.1) is 0 Å². The van der Waals surface area contributed by atoms with Crippen LogP contribution in [0.1, 0.15) is 0 Å². The summed E-state index contributed by atoms with van der Waals surface area (Å²) in [4.78, 5) is 2.37. The summed E-state index contributed by atoms with van der Waals surface area (Å²) >= 11 is 0. The summed E-state index contributed by atoms with van der Waals surface area (Å²) in [6.07, 6.45) is 0. The standard InChI is InChI=1S/C64H43NO/c1-3-14-44(15-4-1)51-36-41-58(47-16-5-2-6-17-47)61(43-51)50-34-39-54(40-35-50)65(55-21-11-20-52(42-55)59-25-13-27-63-64(59)60-23-9-10-26-62(60)66-63)53-37-32-46(33-38-53)45-28-30-49(31-29-45)57-24-12-19-48-18-7-8-22-56(48)57/h1-43H. The highest BCUT2D eigenvalue weighted by Crippen LogP contribution is 2.43. The fraction of sp³-hybridized carbons (Fsp3) is 0. The molecular formula is C64H43NO. The van der Waals surface area contributed by atoms with Gasteiger partial charge in [0.1, 0.15) is 11.2 Å². The third-order valence-electron chi connectivity index (χ3n) is 12.9. The van der Waals surface area contributed by atoms with Crippen molar-refractivity contribution in [1.82, 2.24) is 0 Å². The highest BCUT2D eigenvalue weighted by molar-refractivity contribution is 6.12. The molecule has 0 unspecified atom stereocenters. The molecule has 0 amide bonds. The van der Waals surface area contributed by atoms with Gasteiger partial charge in [-0.25, -0.2) is 0 Å². The zero-order valence-electron chi connectivity index (χ0n) is 36.2. The SMILES string of the molecule is c1ccc(-c2ccc(-c3ccccc3)c(-c3ccc(N(c4ccc(-c5ccc(-c6cccc7ccccc67)cc5)cc4)c4cccc(-c5cccc6oc7ccccc7c56)c4)cc3)c2)cc1. The number of benzene rings is 11. The first-order valence-electron chi connectivity index (χ1n) is 22.6. The molecule has 0 saturated heterocycles. The summed E-state index contributed by atoms with van der Waals surface area (Å²) in [6, 6.07) is 93.9. The van der Waals surface area contributed by atoms with Gasteiger partial charge in [-0.2, -0.15) is 0 Å². The number of hydrogen-bond donors (Lipinski definition) is 0. The lowest BCUT2D eigenvalue weighted by atomic mass is 9.91. The van der Waals surface area contributed by atoms with E-state index in [0.29, 0.717) is 0 Å². The summed E-state index contributed by atoms with van der Waals surface area (Å²) in [5.41, 5.74) is 19.2. The molecule has 12 aromatic rings. The van der Waals surface area contributed by atoms with E-state index in [2.05, 4.69) is 254 Å². The Bertz CT molecular complexity index is 3660. The first-order chi connectivity index (χ1) is 32.7. The molecule has 0 radical (unpaired) electrons. The van der Waals surface area contributed by atoms with Crippen LogP contribution in [0.2, 0.25) is 0 Å². The minimum atomic E-state index is 0.887. The number of hydrogen-bond acceptors (Lipinski definition) is 2. The van der Waals surface area contributed by atoms with E-state index in [0.717, 1.165) is 61.3 Å². The van der Waals surface area contributed by atoms with Gasteiger partial charge in [-0.15, -0.1) is 0 Å². The molecule has 0 fully saturated rings. The fourth-order valence-electron chi connectivity index (χ4n) is 9.65. The highest BCUT2D eigenvalue weighted by atomic mass is 16.3. The maximum absolute atomic E-state index is 6.33. The van der Waals surface area contributed by atoms with Crippen molar-refractivity contribution in [2.24, 2.45) is 0 Å². The van der Waals surface area contributed by atoms with Crippen LogP contribution in [0.3, 0.4) is 0 Å². The molecule has 66 heavy (non-hydrogen) atoms.